The van der Waals surface area contributed by atoms with Crippen LogP contribution in [0.5, 0.6) is 0 Å². The second kappa shape index (κ2) is 5.31. The average Bonchev–Trinajstić information content (AvgIpc) is 1.96. The predicted octanol–water partition coefficient (Wildman–Crippen LogP) is -0.740. The van der Waals surface area contributed by atoms with E-state index in [-0.39, 0.29) is 0 Å². The van der Waals surface area contributed by atoms with Gasteiger partial charge >= 0.3 is 0 Å². The lowest BCUT2D eigenvalue weighted by Gasteiger charge is -2.17. The summed E-state index contributed by atoms with van der Waals surface area (Å²) in [6.07, 6.45) is 0.989. The Hall–Kier alpha value is -0.620. The zero-order chi connectivity index (χ0) is 11.4. The monoisotopic (exact) mass is 223 g/mol. The fraction of sp³-hybridized carbons (Fsp3) is 0.875. The number of amides is 1. The van der Waals surface area contributed by atoms with Crippen molar-refractivity contribution >= 4 is 15.7 Å². The van der Waals surface area contributed by atoms with Crippen molar-refractivity contribution in [1.82, 2.24) is 4.90 Å². The van der Waals surface area contributed by atoms with Crippen LogP contribution < -0.4 is 0 Å². The first kappa shape index (κ1) is 13.4. The van der Waals surface area contributed by atoms with Crippen LogP contribution in [-0.2, 0) is 14.6 Å². The van der Waals surface area contributed by atoms with Gasteiger partial charge in [-0.25, -0.2) is 8.42 Å². The molecule has 1 N–H and O–H groups in total. The summed E-state index contributed by atoms with van der Waals surface area (Å²) in [5, 5.41) is 8.96. The molecule has 84 valence electrons. The summed E-state index contributed by atoms with van der Waals surface area (Å²) >= 11 is 0. The van der Waals surface area contributed by atoms with Crippen LogP contribution in [0.3, 0.4) is 0 Å². The molecule has 1 atom stereocenters. The molecule has 0 spiro atoms. The maximum atomic E-state index is 11.2. The molecule has 0 bridgehead atoms. The Balaban J connectivity index is 4.01. The van der Waals surface area contributed by atoms with Crippen molar-refractivity contribution in [3.63, 3.8) is 0 Å². The molecule has 0 saturated carbocycles. The van der Waals surface area contributed by atoms with Crippen molar-refractivity contribution in [2.45, 2.75) is 19.4 Å². The molecule has 1 unspecified atom stereocenters. The van der Waals surface area contributed by atoms with Gasteiger partial charge in [-0.05, 0) is 13.3 Å². The first-order valence-corrected chi connectivity index (χ1v) is 6.38. The Kier molecular flexibility index (Phi) is 5.07. The lowest BCUT2D eigenvalue weighted by Crippen LogP contribution is -2.33. The molecule has 0 aromatic heterocycles. The molecule has 0 aromatic carbocycles. The molecule has 0 radical (unpaired) electrons. The van der Waals surface area contributed by atoms with E-state index in [2.05, 4.69) is 0 Å². The summed E-state index contributed by atoms with van der Waals surface area (Å²) in [6, 6.07) is 0. The Morgan fingerprint density at radius 3 is 2.36 bits per heavy atom. The van der Waals surface area contributed by atoms with E-state index >= 15 is 0 Å². The molecule has 0 saturated heterocycles. The van der Waals surface area contributed by atoms with Gasteiger partial charge < -0.3 is 10.0 Å². The largest absolute Gasteiger partial charge is 0.393 e. The number of carbonyl (C=O) groups is 1. The van der Waals surface area contributed by atoms with E-state index < -0.39 is 27.6 Å². The second-order valence-corrected chi connectivity index (χ2v) is 5.66. The zero-order valence-electron chi connectivity index (χ0n) is 8.73. The molecule has 14 heavy (non-hydrogen) atoms. The van der Waals surface area contributed by atoms with E-state index in [9.17, 15) is 13.2 Å². The molecule has 0 aliphatic heterocycles. The molecule has 5 nitrogen and oxygen atoms in total. The third-order valence-electron chi connectivity index (χ3n) is 1.69. The van der Waals surface area contributed by atoms with Crippen molar-refractivity contribution in [1.29, 1.82) is 0 Å². The number of sulfone groups is 1. The van der Waals surface area contributed by atoms with Gasteiger partial charge in [0.05, 0.1) is 6.10 Å². The van der Waals surface area contributed by atoms with Gasteiger partial charge in [0.1, 0.15) is 5.75 Å². The number of hydrogen-bond acceptors (Lipinski definition) is 4. The van der Waals surface area contributed by atoms with Crippen LogP contribution in [0.25, 0.3) is 0 Å². The topological polar surface area (TPSA) is 74.7 Å². The van der Waals surface area contributed by atoms with Gasteiger partial charge in [-0.1, -0.05) is 0 Å². The van der Waals surface area contributed by atoms with Crippen molar-refractivity contribution in [3.8, 4) is 0 Å². The fourth-order valence-electron chi connectivity index (χ4n) is 0.840. The molecule has 0 aromatic rings. The molecular weight excluding hydrogens is 206 g/mol. The van der Waals surface area contributed by atoms with Gasteiger partial charge in [0.2, 0.25) is 5.91 Å². The van der Waals surface area contributed by atoms with Gasteiger partial charge in [0.15, 0.2) is 9.84 Å². The number of carbonyl (C=O) groups excluding carboxylic acids is 1. The van der Waals surface area contributed by atoms with Gasteiger partial charge in [-0.3, -0.25) is 4.79 Å². The maximum absolute atomic E-state index is 11.2. The first-order chi connectivity index (χ1) is 6.22. The van der Waals surface area contributed by atoms with Crippen molar-refractivity contribution < 1.29 is 18.3 Å². The lowest BCUT2D eigenvalue weighted by molar-refractivity contribution is -0.127. The second-order valence-electron chi connectivity index (χ2n) is 3.52. The van der Waals surface area contributed by atoms with Crippen LogP contribution >= 0.6 is 0 Å². The van der Waals surface area contributed by atoms with Crippen LogP contribution in [0.15, 0.2) is 0 Å². The van der Waals surface area contributed by atoms with Crippen molar-refractivity contribution in [2.24, 2.45) is 0 Å². The Morgan fingerprint density at radius 2 is 2.00 bits per heavy atom. The van der Waals surface area contributed by atoms with Crippen molar-refractivity contribution in [3.05, 3.63) is 0 Å². The third kappa shape index (κ3) is 6.85. The minimum Gasteiger partial charge on any atom is -0.393 e. The Morgan fingerprint density at radius 1 is 1.50 bits per heavy atom. The SMILES string of the molecule is CC(O)CCN(C)C(=O)CS(C)(=O)=O. The van der Waals surface area contributed by atoms with Gasteiger partial charge in [0, 0.05) is 19.8 Å². The van der Waals surface area contributed by atoms with Crippen LogP contribution in [-0.4, -0.2) is 56.0 Å². The van der Waals surface area contributed by atoms with E-state index in [1.54, 1.807) is 6.92 Å². The smallest absolute Gasteiger partial charge is 0.237 e. The Bertz CT molecular complexity index is 284. The summed E-state index contributed by atoms with van der Waals surface area (Å²) < 4.78 is 21.6. The number of hydrogen-bond donors (Lipinski definition) is 1. The number of aliphatic hydroxyl groups excluding tert-OH is 1. The van der Waals surface area contributed by atoms with E-state index in [1.165, 1.54) is 11.9 Å². The number of rotatable bonds is 5. The number of nitrogens with zero attached hydrogens (tertiary/aromatic N) is 1. The Labute approximate surface area is 84.6 Å². The molecule has 0 rings (SSSR count). The normalized spacial score (nSPS) is 13.7. The molecule has 0 aliphatic carbocycles. The van der Waals surface area contributed by atoms with Crippen LogP contribution in [0.2, 0.25) is 0 Å². The average molecular weight is 223 g/mol. The molecular formula is C8H17NO4S. The summed E-state index contributed by atoms with van der Waals surface area (Å²) in [6.45, 7) is 1.99. The third-order valence-corrected chi connectivity index (χ3v) is 2.47. The van der Waals surface area contributed by atoms with Crippen LogP contribution in [0.1, 0.15) is 13.3 Å². The molecule has 1 amide bonds. The molecule has 6 heteroatoms. The minimum absolute atomic E-state index is 0.367. The number of aliphatic hydroxyl groups is 1. The van der Waals surface area contributed by atoms with Gasteiger partial charge in [-0.2, -0.15) is 0 Å². The maximum Gasteiger partial charge on any atom is 0.237 e. The zero-order valence-corrected chi connectivity index (χ0v) is 9.54. The van der Waals surface area contributed by atoms with Gasteiger partial charge in [0.25, 0.3) is 0 Å². The quantitative estimate of drug-likeness (QED) is 0.666. The molecule has 0 fully saturated rings. The minimum atomic E-state index is -3.26. The van der Waals surface area contributed by atoms with Crippen LogP contribution in [0, 0.1) is 0 Å². The highest BCUT2D eigenvalue weighted by atomic mass is 32.2. The summed E-state index contributed by atoms with van der Waals surface area (Å²) in [7, 11) is -1.74. The predicted molar refractivity (Wildman–Crippen MR) is 53.6 cm³/mol. The summed E-state index contributed by atoms with van der Waals surface area (Å²) in [5.41, 5.74) is 0. The standard InChI is InChI=1S/C8H17NO4S/c1-7(10)4-5-9(2)8(11)6-14(3,12)13/h7,10H,4-6H2,1-3H3. The fourth-order valence-corrected chi connectivity index (χ4v) is 1.51. The van der Waals surface area contributed by atoms with Crippen molar-refractivity contribution in [2.75, 3.05) is 25.6 Å². The first-order valence-electron chi connectivity index (χ1n) is 4.32. The van der Waals surface area contributed by atoms with Gasteiger partial charge in [-0.15, -0.1) is 0 Å². The summed E-state index contributed by atoms with van der Waals surface area (Å²) in [4.78, 5) is 12.5. The molecule has 0 heterocycles. The highest BCUT2D eigenvalue weighted by Gasteiger charge is 2.15. The van der Waals surface area contributed by atoms with E-state index in [1.807, 2.05) is 0 Å². The lowest BCUT2D eigenvalue weighted by atomic mass is 10.3. The van der Waals surface area contributed by atoms with Crippen LogP contribution in [0.4, 0.5) is 0 Å². The molecule has 0 aliphatic rings. The van der Waals surface area contributed by atoms with E-state index in [4.69, 9.17) is 5.11 Å². The highest BCUT2D eigenvalue weighted by molar-refractivity contribution is 7.91. The summed E-state index contributed by atoms with van der Waals surface area (Å²) in [5.74, 6) is -0.906. The van der Waals surface area contributed by atoms with E-state index in [0.717, 1.165) is 6.26 Å². The highest BCUT2D eigenvalue weighted by Crippen LogP contribution is 1.95. The van der Waals surface area contributed by atoms with E-state index in [0.29, 0.717) is 13.0 Å².